The summed E-state index contributed by atoms with van der Waals surface area (Å²) in [6.45, 7) is 6.66. The second-order valence-corrected chi connectivity index (χ2v) is 5.94. The van der Waals surface area contributed by atoms with E-state index in [1.54, 1.807) is 7.11 Å². The van der Waals surface area contributed by atoms with E-state index < -0.39 is 0 Å². The summed E-state index contributed by atoms with van der Waals surface area (Å²) in [4.78, 5) is 0. The van der Waals surface area contributed by atoms with Crippen LogP contribution in [0, 0.1) is 5.92 Å². The number of rotatable bonds is 5. The van der Waals surface area contributed by atoms with Gasteiger partial charge in [0.05, 0.1) is 7.11 Å². The summed E-state index contributed by atoms with van der Waals surface area (Å²) < 4.78 is 5.60. The lowest BCUT2D eigenvalue weighted by Crippen LogP contribution is -2.41. The maximum absolute atomic E-state index is 5.60. The molecule has 0 unspecified atom stereocenters. The number of para-hydroxylation sites is 1. The molecule has 0 atom stereocenters. The van der Waals surface area contributed by atoms with Crippen LogP contribution in [0.25, 0.3) is 0 Å². The molecule has 1 aromatic rings. The molecule has 2 rings (SSSR count). The van der Waals surface area contributed by atoms with Crippen molar-refractivity contribution in [1.82, 2.24) is 5.32 Å². The Balaban J connectivity index is 2.31. The smallest absolute Gasteiger partial charge is 0.122 e. The van der Waals surface area contributed by atoms with Crippen molar-refractivity contribution in [2.24, 2.45) is 5.92 Å². The molecule has 0 aromatic heterocycles. The van der Waals surface area contributed by atoms with Crippen molar-refractivity contribution in [3.05, 3.63) is 29.8 Å². The van der Waals surface area contributed by atoms with Gasteiger partial charge in [0, 0.05) is 17.5 Å². The summed E-state index contributed by atoms with van der Waals surface area (Å²) in [6.07, 6.45) is 5.18. The molecule has 1 fully saturated rings. The van der Waals surface area contributed by atoms with Crippen LogP contribution >= 0.6 is 0 Å². The van der Waals surface area contributed by atoms with Crippen LogP contribution in [-0.2, 0) is 5.41 Å². The Kier molecular flexibility index (Phi) is 4.87. The molecule has 1 aromatic carbocycles. The monoisotopic (exact) mass is 261 g/mol. The van der Waals surface area contributed by atoms with Crippen LogP contribution < -0.4 is 10.1 Å². The van der Waals surface area contributed by atoms with Crippen LogP contribution in [0.5, 0.6) is 5.75 Å². The van der Waals surface area contributed by atoms with E-state index in [4.69, 9.17) is 4.74 Å². The predicted octanol–water partition coefficient (Wildman–Crippen LogP) is 3.75. The van der Waals surface area contributed by atoms with E-state index in [1.165, 1.54) is 31.2 Å². The lowest BCUT2D eigenvalue weighted by atomic mass is 9.66. The highest BCUT2D eigenvalue weighted by atomic mass is 16.5. The number of benzene rings is 1. The van der Waals surface area contributed by atoms with Crippen molar-refractivity contribution in [3.8, 4) is 5.75 Å². The van der Waals surface area contributed by atoms with Gasteiger partial charge in [0.1, 0.15) is 5.75 Å². The summed E-state index contributed by atoms with van der Waals surface area (Å²) in [5.74, 6) is 1.92. The van der Waals surface area contributed by atoms with Gasteiger partial charge >= 0.3 is 0 Å². The third-order valence-electron chi connectivity index (χ3n) is 4.62. The van der Waals surface area contributed by atoms with Gasteiger partial charge < -0.3 is 10.1 Å². The summed E-state index contributed by atoms with van der Waals surface area (Å²) in [6, 6.07) is 8.56. The van der Waals surface area contributed by atoms with Gasteiger partial charge in [0.25, 0.3) is 0 Å². The maximum Gasteiger partial charge on any atom is 0.122 e. The molecule has 0 radical (unpaired) electrons. The molecule has 1 N–H and O–H groups in total. The van der Waals surface area contributed by atoms with E-state index >= 15 is 0 Å². The number of hydrogen-bond acceptors (Lipinski definition) is 2. The average Bonchev–Trinajstić information content (AvgIpc) is 2.47. The van der Waals surface area contributed by atoms with Crippen LogP contribution in [0.1, 0.15) is 45.1 Å². The highest BCUT2D eigenvalue weighted by Gasteiger charge is 2.37. The molecule has 0 amide bonds. The standard InChI is InChI=1S/C17H27NO/c1-4-18-13-17(11-9-14(2)10-12-17)15-7-5-6-8-16(15)19-3/h5-8,14,18H,4,9-13H2,1-3H3. The molecular weight excluding hydrogens is 234 g/mol. The van der Waals surface area contributed by atoms with E-state index in [9.17, 15) is 0 Å². The second kappa shape index (κ2) is 6.42. The number of methoxy groups -OCH3 is 1. The quantitative estimate of drug-likeness (QED) is 0.871. The van der Waals surface area contributed by atoms with Crippen LogP contribution in [-0.4, -0.2) is 20.2 Å². The van der Waals surface area contributed by atoms with Gasteiger partial charge in [-0.1, -0.05) is 32.0 Å². The average molecular weight is 261 g/mol. The molecule has 0 heterocycles. The molecule has 2 heteroatoms. The van der Waals surface area contributed by atoms with Crippen molar-refractivity contribution in [3.63, 3.8) is 0 Å². The third kappa shape index (κ3) is 3.11. The first-order chi connectivity index (χ1) is 9.22. The van der Waals surface area contributed by atoms with Crippen molar-refractivity contribution >= 4 is 0 Å². The molecule has 2 nitrogen and oxygen atoms in total. The SMILES string of the molecule is CCNCC1(c2ccccc2OC)CCC(C)CC1. The predicted molar refractivity (Wildman–Crippen MR) is 80.8 cm³/mol. The zero-order chi connectivity index (χ0) is 13.7. The number of nitrogens with one attached hydrogen (secondary N) is 1. The first-order valence-electron chi connectivity index (χ1n) is 7.56. The van der Waals surface area contributed by atoms with Crippen LogP contribution in [0.3, 0.4) is 0 Å². The minimum atomic E-state index is 0.259. The normalized spacial score (nSPS) is 27.2. The molecule has 1 aliphatic carbocycles. The molecule has 1 saturated carbocycles. The molecule has 106 valence electrons. The van der Waals surface area contributed by atoms with Gasteiger partial charge in [-0.25, -0.2) is 0 Å². The fraction of sp³-hybridized carbons (Fsp3) is 0.647. The van der Waals surface area contributed by atoms with E-state index in [2.05, 4.69) is 43.4 Å². The Labute approximate surface area is 117 Å². The Morgan fingerprint density at radius 3 is 2.58 bits per heavy atom. The zero-order valence-corrected chi connectivity index (χ0v) is 12.5. The molecular formula is C17H27NO. The minimum Gasteiger partial charge on any atom is -0.496 e. The minimum absolute atomic E-state index is 0.259. The van der Waals surface area contributed by atoms with E-state index in [0.717, 1.165) is 24.8 Å². The topological polar surface area (TPSA) is 21.3 Å². The molecule has 0 saturated heterocycles. The van der Waals surface area contributed by atoms with Crippen molar-refractivity contribution < 1.29 is 4.74 Å². The highest BCUT2D eigenvalue weighted by molar-refractivity contribution is 5.40. The zero-order valence-electron chi connectivity index (χ0n) is 12.5. The van der Waals surface area contributed by atoms with Gasteiger partial charge in [-0.15, -0.1) is 0 Å². The Hall–Kier alpha value is -1.02. The molecule has 0 bridgehead atoms. The third-order valence-corrected chi connectivity index (χ3v) is 4.62. The lowest BCUT2D eigenvalue weighted by Gasteiger charge is -2.41. The molecule has 0 spiro atoms. The van der Waals surface area contributed by atoms with Gasteiger partial charge in [0.2, 0.25) is 0 Å². The Morgan fingerprint density at radius 2 is 1.95 bits per heavy atom. The van der Waals surface area contributed by atoms with Crippen molar-refractivity contribution in [2.45, 2.75) is 44.9 Å². The first-order valence-corrected chi connectivity index (χ1v) is 7.56. The molecule has 0 aliphatic heterocycles. The summed E-state index contributed by atoms with van der Waals surface area (Å²) in [5, 5.41) is 3.57. The fourth-order valence-corrected chi connectivity index (χ4v) is 3.30. The Bertz CT molecular complexity index is 388. The van der Waals surface area contributed by atoms with E-state index in [0.29, 0.717) is 0 Å². The molecule has 1 aliphatic rings. The van der Waals surface area contributed by atoms with Crippen molar-refractivity contribution in [2.75, 3.05) is 20.2 Å². The Morgan fingerprint density at radius 1 is 1.26 bits per heavy atom. The first kappa shape index (κ1) is 14.4. The second-order valence-electron chi connectivity index (χ2n) is 5.94. The largest absolute Gasteiger partial charge is 0.496 e. The summed E-state index contributed by atoms with van der Waals surface area (Å²) >= 11 is 0. The van der Waals surface area contributed by atoms with Gasteiger partial charge in [-0.3, -0.25) is 0 Å². The summed E-state index contributed by atoms with van der Waals surface area (Å²) in [5.41, 5.74) is 1.65. The highest BCUT2D eigenvalue weighted by Crippen LogP contribution is 2.44. The van der Waals surface area contributed by atoms with E-state index in [1.807, 2.05) is 0 Å². The van der Waals surface area contributed by atoms with Crippen LogP contribution in [0.15, 0.2) is 24.3 Å². The molecule has 19 heavy (non-hydrogen) atoms. The van der Waals surface area contributed by atoms with Crippen LogP contribution in [0.2, 0.25) is 0 Å². The number of ether oxygens (including phenoxy) is 1. The fourth-order valence-electron chi connectivity index (χ4n) is 3.30. The number of hydrogen-bond donors (Lipinski definition) is 1. The van der Waals surface area contributed by atoms with Crippen LogP contribution in [0.4, 0.5) is 0 Å². The van der Waals surface area contributed by atoms with Crippen molar-refractivity contribution in [1.29, 1.82) is 0 Å². The maximum atomic E-state index is 5.60. The van der Waals surface area contributed by atoms with E-state index in [-0.39, 0.29) is 5.41 Å². The van der Waals surface area contributed by atoms with Gasteiger partial charge in [-0.05, 0) is 44.2 Å². The number of likely N-dealkylation sites (N-methyl/N-ethyl adjacent to an activating group) is 1. The summed E-state index contributed by atoms with van der Waals surface area (Å²) in [7, 11) is 1.78. The van der Waals surface area contributed by atoms with Gasteiger partial charge in [-0.2, -0.15) is 0 Å². The van der Waals surface area contributed by atoms with Gasteiger partial charge in [0.15, 0.2) is 0 Å². The lowest BCUT2D eigenvalue weighted by molar-refractivity contribution is 0.228.